The molecule has 2 saturated carbocycles. The largest absolute Gasteiger partial charge is 0.469 e. The number of hydrogen-bond donors (Lipinski definition) is 1. The first kappa shape index (κ1) is 30.4. The second-order valence-electron chi connectivity index (χ2n) is 14.3. The molecule has 11 atom stereocenters. The van der Waals surface area contributed by atoms with Gasteiger partial charge in [-0.2, -0.15) is 0 Å². The molecule has 240 valence electrons. The van der Waals surface area contributed by atoms with Crippen LogP contribution in [0.25, 0.3) is 6.08 Å². The third kappa shape index (κ3) is 4.26. The molecule has 6 aliphatic rings. The highest BCUT2D eigenvalue weighted by Gasteiger charge is 2.78. The summed E-state index contributed by atoms with van der Waals surface area (Å²) in [5, 5.41) is 11.6. The molecule has 1 aromatic carbocycles. The number of cyclic esters (lactones) is 1. The summed E-state index contributed by atoms with van der Waals surface area (Å²) in [5.41, 5.74) is 1.54. The van der Waals surface area contributed by atoms with Gasteiger partial charge in [0, 0.05) is 52.6 Å². The van der Waals surface area contributed by atoms with Crippen LogP contribution in [-0.2, 0) is 38.1 Å². The fourth-order valence-corrected chi connectivity index (χ4v) is 10.4. The number of esters is 3. The first-order valence-corrected chi connectivity index (χ1v) is 16.0. The second kappa shape index (κ2) is 10.6. The van der Waals surface area contributed by atoms with Gasteiger partial charge in [-0.05, 0) is 42.6 Å². The van der Waals surface area contributed by atoms with Gasteiger partial charge in [0.2, 0.25) is 0 Å². The summed E-state index contributed by atoms with van der Waals surface area (Å²) in [4.78, 5) is 39.3. The van der Waals surface area contributed by atoms with Crippen molar-refractivity contribution in [2.24, 2.45) is 34.0 Å². The van der Waals surface area contributed by atoms with E-state index in [0.29, 0.717) is 18.6 Å². The van der Waals surface area contributed by atoms with Crippen LogP contribution in [0, 0.1) is 34.0 Å². The minimum Gasteiger partial charge on any atom is -0.469 e. The Labute approximate surface area is 263 Å². The van der Waals surface area contributed by atoms with Crippen LogP contribution in [0.5, 0.6) is 0 Å². The molecule has 0 aromatic heterocycles. The van der Waals surface area contributed by atoms with Crippen molar-refractivity contribution < 1.29 is 43.2 Å². The molecule has 4 fully saturated rings. The Hall–Kier alpha value is -3.27. The second-order valence-corrected chi connectivity index (χ2v) is 14.3. The molecule has 3 aliphatic carbocycles. The van der Waals surface area contributed by atoms with Crippen LogP contribution in [0.15, 0.2) is 59.2 Å². The molecule has 3 heterocycles. The lowest BCUT2D eigenvalue weighted by molar-refractivity contribution is -0.248. The van der Waals surface area contributed by atoms with Gasteiger partial charge in [0.15, 0.2) is 0 Å². The Morgan fingerprint density at radius 3 is 2.58 bits per heavy atom. The fraction of sp³-hybridized carbons (Fsp3) is 0.583. The predicted octanol–water partition coefficient (Wildman–Crippen LogP) is 4.19. The molecule has 0 radical (unpaired) electrons. The summed E-state index contributed by atoms with van der Waals surface area (Å²) in [6.45, 7) is 8.95. The van der Waals surface area contributed by atoms with E-state index in [1.165, 1.54) is 13.2 Å². The molecule has 7 rings (SSSR count). The van der Waals surface area contributed by atoms with Crippen molar-refractivity contribution in [2.45, 2.75) is 77.5 Å². The zero-order chi connectivity index (χ0) is 31.9. The zero-order valence-electron chi connectivity index (χ0n) is 26.5. The summed E-state index contributed by atoms with van der Waals surface area (Å²) in [5.74, 6) is -1.95. The number of aliphatic hydroxyl groups is 1. The van der Waals surface area contributed by atoms with Crippen molar-refractivity contribution in [3.63, 3.8) is 0 Å². The number of rotatable bonds is 6. The van der Waals surface area contributed by atoms with E-state index in [9.17, 15) is 19.5 Å². The summed E-state index contributed by atoms with van der Waals surface area (Å²) in [6, 6.07) is 9.51. The maximum atomic E-state index is 13.4. The topological polar surface area (TPSA) is 118 Å². The Balaban J connectivity index is 1.34. The number of methoxy groups -OCH3 is 1. The Morgan fingerprint density at radius 1 is 1.13 bits per heavy atom. The van der Waals surface area contributed by atoms with Gasteiger partial charge in [-0.15, -0.1) is 0 Å². The third-order valence-electron chi connectivity index (χ3n) is 12.4. The van der Waals surface area contributed by atoms with Gasteiger partial charge in [-0.25, -0.2) is 9.59 Å². The van der Waals surface area contributed by atoms with Crippen molar-refractivity contribution in [3.8, 4) is 0 Å². The van der Waals surface area contributed by atoms with E-state index >= 15 is 0 Å². The number of carbonyl (C=O) groups excluding carboxylic acids is 3. The van der Waals surface area contributed by atoms with E-state index in [1.54, 1.807) is 6.08 Å². The normalized spacial score (nSPS) is 43.1. The van der Waals surface area contributed by atoms with E-state index in [1.807, 2.05) is 43.3 Å². The molecule has 45 heavy (non-hydrogen) atoms. The highest BCUT2D eigenvalue weighted by molar-refractivity contribution is 5.92. The molecule has 0 unspecified atom stereocenters. The highest BCUT2D eigenvalue weighted by Crippen LogP contribution is 2.73. The third-order valence-corrected chi connectivity index (χ3v) is 12.4. The van der Waals surface area contributed by atoms with Crippen LogP contribution in [0.2, 0.25) is 0 Å². The Bertz CT molecular complexity index is 1510. The Morgan fingerprint density at radius 2 is 1.89 bits per heavy atom. The lowest BCUT2D eigenvalue weighted by Crippen LogP contribution is -2.70. The van der Waals surface area contributed by atoms with Crippen LogP contribution >= 0.6 is 0 Å². The van der Waals surface area contributed by atoms with Crippen LogP contribution in [-0.4, -0.2) is 73.9 Å². The van der Waals surface area contributed by atoms with Crippen LogP contribution in [0.1, 0.15) is 52.5 Å². The molecular weight excluding hydrogens is 576 g/mol. The predicted molar refractivity (Wildman–Crippen MR) is 162 cm³/mol. The number of allylic oxidation sites excluding steroid dienone is 1. The van der Waals surface area contributed by atoms with Crippen molar-refractivity contribution >= 4 is 24.0 Å². The molecule has 1 N–H and O–H groups in total. The van der Waals surface area contributed by atoms with Gasteiger partial charge >= 0.3 is 17.9 Å². The van der Waals surface area contributed by atoms with E-state index in [2.05, 4.69) is 20.8 Å². The van der Waals surface area contributed by atoms with Crippen molar-refractivity contribution in [1.82, 2.24) is 0 Å². The van der Waals surface area contributed by atoms with Crippen molar-refractivity contribution in [3.05, 3.63) is 64.8 Å². The SMILES string of the molecule is COC(=O)C[C@H]1[C@]2(C)C3=C(C)[C@H](C4=CCOC4=O)C[C@H]3O[C@@H]2[C@@H]2OC[C@]3(C)[C@H](O)C[C@H](OC(=O)C=Cc4ccccc4)[C@@]1(C)[C@@H]23. The summed E-state index contributed by atoms with van der Waals surface area (Å²) in [7, 11) is 1.39. The van der Waals surface area contributed by atoms with E-state index in [4.69, 9.17) is 23.7 Å². The monoisotopic (exact) mass is 618 g/mol. The Kier molecular flexibility index (Phi) is 7.19. The zero-order valence-corrected chi connectivity index (χ0v) is 26.5. The average Bonchev–Trinajstić information content (AvgIpc) is 3.76. The number of benzene rings is 1. The highest BCUT2D eigenvalue weighted by atomic mass is 16.6. The van der Waals surface area contributed by atoms with Crippen molar-refractivity contribution in [1.29, 1.82) is 0 Å². The smallest absolute Gasteiger partial charge is 0.334 e. The lowest BCUT2D eigenvalue weighted by Gasteiger charge is -2.65. The maximum absolute atomic E-state index is 13.4. The molecular formula is C36H42O9. The summed E-state index contributed by atoms with van der Waals surface area (Å²) >= 11 is 0. The standard InChI is InChI=1S/C36H42O9/c1-19-22(21-13-14-42-33(21)40)15-23-29(19)36(4)24(16-28(39)41-5)35(3)26(45-27(38)12-11-20-9-7-6-8-10-20)17-25(37)34(2)18-43-30(31(34)35)32(36)44-23/h6-13,22-26,30-32,37H,14-18H2,1-5H3/t22-,23-,24-,25-,26+,30-,31+,32-,34-,35+,36-/m1/s1. The molecule has 0 amide bonds. The molecule has 1 aromatic rings. The van der Waals surface area contributed by atoms with Gasteiger partial charge in [-0.1, -0.05) is 56.7 Å². The van der Waals surface area contributed by atoms with E-state index in [0.717, 1.165) is 16.7 Å². The minimum absolute atomic E-state index is 0.0750. The van der Waals surface area contributed by atoms with Gasteiger partial charge in [-0.3, -0.25) is 4.79 Å². The van der Waals surface area contributed by atoms with Crippen LogP contribution in [0.4, 0.5) is 0 Å². The van der Waals surface area contributed by atoms with Gasteiger partial charge in [0.05, 0.1) is 38.1 Å². The molecule has 0 bridgehead atoms. The summed E-state index contributed by atoms with van der Waals surface area (Å²) in [6.07, 6.45) is 3.33. The summed E-state index contributed by atoms with van der Waals surface area (Å²) < 4.78 is 30.4. The molecule has 9 nitrogen and oxygen atoms in total. The minimum atomic E-state index is -0.792. The average molecular weight is 619 g/mol. The van der Waals surface area contributed by atoms with Crippen LogP contribution < -0.4 is 0 Å². The molecule has 9 heteroatoms. The van der Waals surface area contributed by atoms with E-state index < -0.39 is 46.6 Å². The van der Waals surface area contributed by atoms with Crippen LogP contribution in [0.3, 0.4) is 0 Å². The van der Waals surface area contributed by atoms with E-state index in [-0.39, 0.29) is 55.2 Å². The van der Waals surface area contributed by atoms with Gasteiger partial charge in [0.1, 0.15) is 12.7 Å². The molecule has 2 saturated heterocycles. The number of carbonyl (C=O) groups is 3. The lowest BCUT2D eigenvalue weighted by atomic mass is 9.40. The quantitative estimate of drug-likeness (QED) is 0.217. The molecule has 0 spiro atoms. The van der Waals surface area contributed by atoms with Crippen molar-refractivity contribution in [2.75, 3.05) is 20.3 Å². The van der Waals surface area contributed by atoms with Gasteiger partial charge in [0.25, 0.3) is 0 Å². The maximum Gasteiger partial charge on any atom is 0.334 e. The number of ether oxygens (including phenoxy) is 5. The number of hydrogen-bond acceptors (Lipinski definition) is 9. The molecule has 3 aliphatic heterocycles. The number of fused-ring (bicyclic) bond motifs is 4. The fourth-order valence-electron chi connectivity index (χ4n) is 10.4. The number of aliphatic hydroxyl groups excluding tert-OH is 1. The first-order valence-electron chi connectivity index (χ1n) is 16.0. The first-order chi connectivity index (χ1) is 21.4. The van der Waals surface area contributed by atoms with Gasteiger partial charge < -0.3 is 28.8 Å².